The number of nitrogens with zero attached hydrogens (tertiary/aromatic N) is 1. The number of hydrogen-bond acceptors (Lipinski definition) is 3. The number of ether oxygens (including phenoxy) is 1. The first-order chi connectivity index (χ1) is 6.77. The SMILES string of the molecule is O=S(O)c1cc(C2CCCCO2)n[nH]1. The van der Waals surface area contributed by atoms with E-state index in [0.29, 0.717) is 0 Å². The average Bonchev–Trinajstić information content (AvgIpc) is 2.68. The van der Waals surface area contributed by atoms with Crippen LogP contribution < -0.4 is 0 Å². The van der Waals surface area contributed by atoms with E-state index in [2.05, 4.69) is 10.2 Å². The van der Waals surface area contributed by atoms with Crippen molar-refractivity contribution in [2.24, 2.45) is 0 Å². The van der Waals surface area contributed by atoms with Gasteiger partial charge in [0.05, 0.1) is 5.69 Å². The summed E-state index contributed by atoms with van der Waals surface area (Å²) in [4.78, 5) is 0. The van der Waals surface area contributed by atoms with Crippen molar-refractivity contribution in [2.45, 2.75) is 30.4 Å². The topological polar surface area (TPSA) is 75.2 Å². The summed E-state index contributed by atoms with van der Waals surface area (Å²) in [5, 5.41) is 6.71. The summed E-state index contributed by atoms with van der Waals surface area (Å²) in [6.07, 6.45) is 3.12. The smallest absolute Gasteiger partial charge is 0.205 e. The third-order valence-corrected chi connectivity index (χ3v) is 2.86. The summed E-state index contributed by atoms with van der Waals surface area (Å²) in [5.74, 6) is 0. The zero-order valence-electron chi connectivity index (χ0n) is 7.60. The Labute approximate surface area is 84.1 Å². The number of aromatic amines is 1. The molecule has 5 nitrogen and oxygen atoms in total. The molecule has 6 heteroatoms. The highest BCUT2D eigenvalue weighted by molar-refractivity contribution is 7.79. The van der Waals surface area contributed by atoms with E-state index in [9.17, 15) is 4.21 Å². The summed E-state index contributed by atoms with van der Waals surface area (Å²) >= 11 is -1.99. The molecule has 0 bridgehead atoms. The van der Waals surface area contributed by atoms with Gasteiger partial charge >= 0.3 is 0 Å². The molecule has 1 aliphatic rings. The molecule has 1 aromatic rings. The van der Waals surface area contributed by atoms with E-state index in [4.69, 9.17) is 9.29 Å². The first-order valence-electron chi connectivity index (χ1n) is 4.55. The van der Waals surface area contributed by atoms with Crippen LogP contribution in [0.2, 0.25) is 0 Å². The minimum absolute atomic E-state index is 0.0164. The maximum atomic E-state index is 10.7. The largest absolute Gasteiger partial charge is 0.372 e. The van der Waals surface area contributed by atoms with Crippen LogP contribution in [0.15, 0.2) is 11.1 Å². The van der Waals surface area contributed by atoms with Crippen LogP contribution in [0.25, 0.3) is 0 Å². The van der Waals surface area contributed by atoms with Crippen molar-refractivity contribution in [1.29, 1.82) is 0 Å². The minimum Gasteiger partial charge on any atom is -0.372 e. The zero-order chi connectivity index (χ0) is 9.97. The van der Waals surface area contributed by atoms with Crippen molar-refractivity contribution >= 4 is 11.1 Å². The van der Waals surface area contributed by atoms with Crippen LogP contribution >= 0.6 is 0 Å². The van der Waals surface area contributed by atoms with Crippen LogP contribution in [0.1, 0.15) is 31.1 Å². The molecule has 0 aromatic carbocycles. The van der Waals surface area contributed by atoms with Crippen LogP contribution in [0, 0.1) is 0 Å². The van der Waals surface area contributed by atoms with Crippen LogP contribution in [-0.2, 0) is 15.8 Å². The molecule has 1 aliphatic heterocycles. The van der Waals surface area contributed by atoms with E-state index < -0.39 is 11.1 Å². The molecule has 1 saturated heterocycles. The van der Waals surface area contributed by atoms with Gasteiger partial charge in [-0.15, -0.1) is 0 Å². The van der Waals surface area contributed by atoms with Gasteiger partial charge in [-0.3, -0.25) is 5.10 Å². The molecular weight excluding hydrogens is 204 g/mol. The Hall–Kier alpha value is -0.720. The number of nitrogens with one attached hydrogen (secondary N) is 1. The van der Waals surface area contributed by atoms with Crippen molar-refractivity contribution in [3.63, 3.8) is 0 Å². The van der Waals surface area contributed by atoms with E-state index in [1.165, 1.54) is 0 Å². The number of hydrogen-bond donors (Lipinski definition) is 2. The van der Waals surface area contributed by atoms with Crippen molar-refractivity contribution in [1.82, 2.24) is 10.2 Å². The molecule has 2 atom stereocenters. The molecule has 2 unspecified atom stereocenters. The Morgan fingerprint density at radius 1 is 1.64 bits per heavy atom. The van der Waals surface area contributed by atoms with Crippen LogP contribution in [0.4, 0.5) is 0 Å². The first-order valence-corrected chi connectivity index (χ1v) is 5.66. The van der Waals surface area contributed by atoms with E-state index in [1.807, 2.05) is 0 Å². The third-order valence-electron chi connectivity index (χ3n) is 2.27. The Bertz CT molecular complexity index is 333. The fourth-order valence-electron chi connectivity index (χ4n) is 1.55. The lowest BCUT2D eigenvalue weighted by Crippen LogP contribution is -2.11. The normalized spacial score (nSPS) is 24.8. The lowest BCUT2D eigenvalue weighted by atomic mass is 10.1. The predicted molar refractivity (Wildman–Crippen MR) is 50.2 cm³/mol. The van der Waals surface area contributed by atoms with Gasteiger partial charge in [0.2, 0.25) is 11.1 Å². The molecule has 14 heavy (non-hydrogen) atoms. The maximum Gasteiger partial charge on any atom is 0.205 e. The molecule has 0 radical (unpaired) electrons. The molecule has 2 N–H and O–H groups in total. The second-order valence-corrected chi connectivity index (χ2v) is 4.20. The van der Waals surface area contributed by atoms with Crippen LogP contribution in [-0.4, -0.2) is 25.6 Å². The van der Waals surface area contributed by atoms with Crippen molar-refractivity contribution in [3.8, 4) is 0 Å². The minimum atomic E-state index is -1.99. The van der Waals surface area contributed by atoms with Gasteiger partial charge in [-0.25, -0.2) is 4.21 Å². The van der Waals surface area contributed by atoms with Crippen molar-refractivity contribution in [3.05, 3.63) is 11.8 Å². The summed E-state index contributed by atoms with van der Waals surface area (Å²) in [7, 11) is 0. The Morgan fingerprint density at radius 3 is 3.07 bits per heavy atom. The van der Waals surface area contributed by atoms with E-state index in [0.717, 1.165) is 31.6 Å². The molecule has 2 rings (SSSR count). The molecule has 0 aliphatic carbocycles. The van der Waals surface area contributed by atoms with Crippen LogP contribution in [0.5, 0.6) is 0 Å². The Morgan fingerprint density at radius 2 is 2.50 bits per heavy atom. The molecule has 1 aromatic heterocycles. The second kappa shape index (κ2) is 4.20. The Balaban J connectivity index is 2.11. The molecule has 0 amide bonds. The summed E-state index contributed by atoms with van der Waals surface area (Å²) in [5.41, 5.74) is 0.724. The van der Waals surface area contributed by atoms with E-state index in [1.54, 1.807) is 6.07 Å². The van der Waals surface area contributed by atoms with Gasteiger partial charge in [0.15, 0.2) is 0 Å². The van der Waals surface area contributed by atoms with Crippen LogP contribution in [0.3, 0.4) is 0 Å². The van der Waals surface area contributed by atoms with Gasteiger partial charge in [0, 0.05) is 12.7 Å². The number of aromatic nitrogens is 2. The van der Waals surface area contributed by atoms with Gasteiger partial charge in [-0.1, -0.05) is 0 Å². The lowest BCUT2D eigenvalue weighted by Gasteiger charge is -2.20. The monoisotopic (exact) mass is 216 g/mol. The van der Waals surface area contributed by atoms with Gasteiger partial charge in [-0.2, -0.15) is 5.10 Å². The van der Waals surface area contributed by atoms with Gasteiger partial charge in [0.1, 0.15) is 11.1 Å². The average molecular weight is 216 g/mol. The van der Waals surface area contributed by atoms with Crippen molar-refractivity contribution < 1.29 is 13.5 Å². The van der Waals surface area contributed by atoms with E-state index >= 15 is 0 Å². The van der Waals surface area contributed by atoms with Gasteiger partial charge in [-0.05, 0) is 19.3 Å². The molecule has 78 valence electrons. The molecule has 0 saturated carbocycles. The Kier molecular flexibility index (Phi) is 2.95. The lowest BCUT2D eigenvalue weighted by molar-refractivity contribution is 0.0123. The highest BCUT2D eigenvalue weighted by Crippen LogP contribution is 2.26. The highest BCUT2D eigenvalue weighted by Gasteiger charge is 2.19. The third kappa shape index (κ3) is 2.02. The van der Waals surface area contributed by atoms with Gasteiger partial charge in [0.25, 0.3) is 0 Å². The maximum absolute atomic E-state index is 10.7. The second-order valence-electron chi connectivity index (χ2n) is 3.26. The molecular formula is C8H12N2O3S. The molecule has 2 heterocycles. The van der Waals surface area contributed by atoms with Gasteiger partial charge < -0.3 is 9.29 Å². The first kappa shape index (κ1) is 9.82. The highest BCUT2D eigenvalue weighted by atomic mass is 32.2. The summed E-state index contributed by atoms with van der Waals surface area (Å²) in [6, 6.07) is 1.59. The summed E-state index contributed by atoms with van der Waals surface area (Å²) in [6.45, 7) is 0.745. The zero-order valence-corrected chi connectivity index (χ0v) is 8.42. The fourth-order valence-corrected chi connectivity index (χ4v) is 1.89. The molecule has 1 fully saturated rings. The van der Waals surface area contributed by atoms with E-state index in [-0.39, 0.29) is 11.1 Å². The summed E-state index contributed by atoms with van der Waals surface area (Å²) < 4.78 is 25.0. The van der Waals surface area contributed by atoms with Crippen molar-refractivity contribution in [2.75, 3.05) is 6.61 Å². The predicted octanol–water partition coefficient (Wildman–Crippen LogP) is 1.23. The number of rotatable bonds is 2. The molecule has 0 spiro atoms. The fraction of sp³-hybridized carbons (Fsp3) is 0.625. The quantitative estimate of drug-likeness (QED) is 0.729. The standard InChI is InChI=1S/C8H12N2O3S/c11-14(12)8-5-6(9-10-8)7-3-1-2-4-13-7/h5,7H,1-4H2,(H,9,10)(H,11,12). The number of H-pyrrole nitrogens is 1.